The van der Waals surface area contributed by atoms with Gasteiger partial charge in [0.2, 0.25) is 0 Å². The van der Waals surface area contributed by atoms with Crippen molar-refractivity contribution >= 4 is 15.8 Å². The second kappa shape index (κ2) is 6.12. The molecule has 2 heterocycles. The number of anilines is 1. The Morgan fingerprint density at radius 2 is 2.00 bits per heavy atom. The lowest BCUT2D eigenvalue weighted by Gasteiger charge is -2.11. The van der Waals surface area contributed by atoms with Gasteiger partial charge in [-0.2, -0.15) is 5.10 Å². The first-order valence-corrected chi connectivity index (χ1v) is 8.88. The topological polar surface area (TPSA) is 90.0 Å². The van der Waals surface area contributed by atoms with E-state index < -0.39 is 10.0 Å². The van der Waals surface area contributed by atoms with Gasteiger partial charge >= 0.3 is 0 Å². The Kier molecular flexibility index (Phi) is 4.15. The van der Waals surface area contributed by atoms with Crippen LogP contribution in [0.3, 0.4) is 0 Å². The van der Waals surface area contributed by atoms with Crippen LogP contribution in [0.4, 0.5) is 5.82 Å². The van der Waals surface area contributed by atoms with E-state index in [1.54, 1.807) is 30.8 Å². The van der Waals surface area contributed by atoms with E-state index in [2.05, 4.69) is 15.0 Å². The maximum atomic E-state index is 12.6. The summed E-state index contributed by atoms with van der Waals surface area (Å²) in [6, 6.07) is 9.59. The lowest BCUT2D eigenvalue weighted by atomic mass is 10.1. The maximum Gasteiger partial charge on any atom is 0.268 e. The van der Waals surface area contributed by atoms with Crippen LogP contribution in [-0.2, 0) is 16.6 Å². The fraction of sp³-hybridized carbons (Fsp3) is 0.250. The standard InChI is InChI=1S/C16H18N4O3S/c1-11-5-4-6-14(9-11)10-20-15(7-8-17-20)19-24(21,22)16-12(2)18-23-13(16)3/h4-9,19H,10H2,1-3H3. The van der Waals surface area contributed by atoms with Crippen LogP contribution in [-0.4, -0.2) is 23.4 Å². The second-order valence-electron chi connectivity index (χ2n) is 5.62. The van der Waals surface area contributed by atoms with Gasteiger partial charge in [-0.3, -0.25) is 4.72 Å². The molecule has 1 N–H and O–H groups in total. The monoisotopic (exact) mass is 346 g/mol. The molecular weight excluding hydrogens is 328 g/mol. The average molecular weight is 346 g/mol. The molecule has 3 aromatic rings. The van der Waals surface area contributed by atoms with E-state index in [0.717, 1.165) is 11.1 Å². The molecule has 7 nitrogen and oxygen atoms in total. The highest BCUT2D eigenvalue weighted by molar-refractivity contribution is 7.92. The predicted octanol–water partition coefficient (Wildman–Crippen LogP) is 2.65. The Hall–Kier alpha value is -2.61. The van der Waals surface area contributed by atoms with Gasteiger partial charge in [-0.05, 0) is 26.3 Å². The third-order valence-electron chi connectivity index (χ3n) is 3.61. The molecule has 0 unspecified atom stereocenters. The van der Waals surface area contributed by atoms with Crippen molar-refractivity contribution in [2.45, 2.75) is 32.2 Å². The highest BCUT2D eigenvalue weighted by Crippen LogP contribution is 2.22. The van der Waals surface area contributed by atoms with Crippen molar-refractivity contribution in [3.05, 3.63) is 59.1 Å². The summed E-state index contributed by atoms with van der Waals surface area (Å²) >= 11 is 0. The van der Waals surface area contributed by atoms with Gasteiger partial charge in [-0.15, -0.1) is 0 Å². The number of sulfonamides is 1. The molecule has 8 heteroatoms. The summed E-state index contributed by atoms with van der Waals surface area (Å²) in [5, 5.41) is 7.90. The Morgan fingerprint density at radius 1 is 1.21 bits per heavy atom. The molecule has 0 spiro atoms. The number of nitrogens with one attached hydrogen (secondary N) is 1. The van der Waals surface area contributed by atoms with Gasteiger partial charge in [0.05, 0.1) is 12.7 Å². The lowest BCUT2D eigenvalue weighted by Crippen LogP contribution is -2.18. The molecule has 0 aliphatic heterocycles. The molecule has 0 saturated heterocycles. The summed E-state index contributed by atoms with van der Waals surface area (Å²) in [4.78, 5) is 0.0609. The van der Waals surface area contributed by atoms with Gasteiger partial charge < -0.3 is 4.52 Å². The zero-order chi connectivity index (χ0) is 17.3. The number of hydrogen-bond donors (Lipinski definition) is 1. The minimum Gasteiger partial charge on any atom is -0.360 e. The summed E-state index contributed by atoms with van der Waals surface area (Å²) in [7, 11) is -3.79. The molecule has 0 fully saturated rings. The number of benzene rings is 1. The van der Waals surface area contributed by atoms with Gasteiger partial charge in [0.1, 0.15) is 11.5 Å². The van der Waals surface area contributed by atoms with Gasteiger partial charge in [0.15, 0.2) is 10.7 Å². The number of aryl methyl sites for hydroxylation is 3. The van der Waals surface area contributed by atoms with Crippen LogP contribution in [0.15, 0.2) is 45.9 Å². The van der Waals surface area contributed by atoms with Crippen molar-refractivity contribution in [3.8, 4) is 0 Å². The molecule has 24 heavy (non-hydrogen) atoms. The Bertz CT molecular complexity index is 953. The molecule has 3 rings (SSSR count). The fourth-order valence-electron chi connectivity index (χ4n) is 2.58. The minimum absolute atomic E-state index is 0.0609. The van der Waals surface area contributed by atoms with Crippen molar-refractivity contribution < 1.29 is 12.9 Å². The number of aromatic nitrogens is 3. The quantitative estimate of drug-likeness (QED) is 0.767. The highest BCUT2D eigenvalue weighted by Gasteiger charge is 2.25. The van der Waals surface area contributed by atoms with Crippen LogP contribution in [0.2, 0.25) is 0 Å². The van der Waals surface area contributed by atoms with E-state index in [1.165, 1.54) is 0 Å². The first kappa shape index (κ1) is 16.3. The maximum absolute atomic E-state index is 12.6. The van der Waals surface area contributed by atoms with Crippen LogP contribution < -0.4 is 4.72 Å². The lowest BCUT2D eigenvalue weighted by molar-refractivity contribution is 0.390. The molecule has 2 aromatic heterocycles. The van der Waals surface area contributed by atoms with Crippen molar-refractivity contribution in [2.75, 3.05) is 4.72 Å². The summed E-state index contributed by atoms with van der Waals surface area (Å²) in [5.41, 5.74) is 2.50. The number of rotatable bonds is 5. The SMILES string of the molecule is Cc1cccc(Cn2nccc2NS(=O)(=O)c2c(C)noc2C)c1. The van der Waals surface area contributed by atoms with Crippen molar-refractivity contribution in [1.29, 1.82) is 0 Å². The van der Waals surface area contributed by atoms with Crippen LogP contribution in [0, 0.1) is 20.8 Å². The molecule has 0 aliphatic rings. The molecule has 1 aromatic carbocycles. The summed E-state index contributed by atoms with van der Waals surface area (Å²) in [6.07, 6.45) is 1.56. The molecule has 0 amide bonds. The second-order valence-corrected chi connectivity index (χ2v) is 7.24. The van der Waals surface area contributed by atoms with Crippen molar-refractivity contribution in [3.63, 3.8) is 0 Å². The van der Waals surface area contributed by atoms with E-state index in [-0.39, 0.29) is 10.7 Å². The van der Waals surface area contributed by atoms with Crippen LogP contribution >= 0.6 is 0 Å². The van der Waals surface area contributed by atoms with E-state index in [4.69, 9.17) is 4.52 Å². The molecule has 0 atom stereocenters. The van der Waals surface area contributed by atoms with Crippen LogP contribution in [0.1, 0.15) is 22.6 Å². The molecule has 126 valence electrons. The zero-order valence-corrected chi connectivity index (χ0v) is 14.5. The van der Waals surface area contributed by atoms with Crippen LogP contribution in [0.5, 0.6) is 0 Å². The highest BCUT2D eigenvalue weighted by atomic mass is 32.2. The molecule has 0 radical (unpaired) electrons. The third-order valence-corrected chi connectivity index (χ3v) is 5.21. The third kappa shape index (κ3) is 3.18. The van der Waals surface area contributed by atoms with Crippen molar-refractivity contribution in [1.82, 2.24) is 14.9 Å². The zero-order valence-electron chi connectivity index (χ0n) is 13.6. The normalized spacial score (nSPS) is 11.6. The average Bonchev–Trinajstić information content (AvgIpc) is 3.06. The summed E-state index contributed by atoms with van der Waals surface area (Å²) in [5.74, 6) is 0.640. The Balaban J connectivity index is 1.88. The summed E-state index contributed by atoms with van der Waals surface area (Å²) in [6.45, 7) is 5.63. The fourth-order valence-corrected chi connectivity index (χ4v) is 3.97. The Labute approximate surface area is 140 Å². The molecule has 0 aliphatic carbocycles. The first-order chi connectivity index (χ1) is 11.4. The number of hydrogen-bond acceptors (Lipinski definition) is 5. The van der Waals surface area contributed by atoms with Crippen molar-refractivity contribution in [2.24, 2.45) is 0 Å². The van der Waals surface area contributed by atoms with E-state index in [1.807, 2.05) is 31.2 Å². The minimum atomic E-state index is -3.79. The first-order valence-electron chi connectivity index (χ1n) is 7.40. The van der Waals surface area contributed by atoms with Gasteiger partial charge in [0.25, 0.3) is 10.0 Å². The van der Waals surface area contributed by atoms with Gasteiger partial charge in [-0.25, -0.2) is 13.1 Å². The molecule has 0 saturated carbocycles. The largest absolute Gasteiger partial charge is 0.360 e. The molecular formula is C16H18N4O3S. The smallest absolute Gasteiger partial charge is 0.268 e. The number of nitrogens with zero attached hydrogens (tertiary/aromatic N) is 3. The van der Waals surface area contributed by atoms with E-state index >= 15 is 0 Å². The van der Waals surface area contributed by atoms with Crippen LogP contribution in [0.25, 0.3) is 0 Å². The summed E-state index contributed by atoms with van der Waals surface area (Å²) < 4.78 is 34.3. The van der Waals surface area contributed by atoms with Gasteiger partial charge in [-0.1, -0.05) is 35.0 Å². The molecule has 0 bridgehead atoms. The van der Waals surface area contributed by atoms with E-state index in [9.17, 15) is 8.42 Å². The predicted molar refractivity (Wildman–Crippen MR) is 89.3 cm³/mol. The van der Waals surface area contributed by atoms with E-state index in [0.29, 0.717) is 18.1 Å². The Morgan fingerprint density at radius 3 is 2.67 bits per heavy atom. The van der Waals surface area contributed by atoms with Gasteiger partial charge in [0, 0.05) is 6.07 Å².